The summed E-state index contributed by atoms with van der Waals surface area (Å²) in [5, 5.41) is 8.41. The molecule has 3 nitrogen and oxygen atoms in total. The third-order valence-electron chi connectivity index (χ3n) is 3.63. The van der Waals surface area contributed by atoms with E-state index < -0.39 is 0 Å². The second-order valence-corrected chi connectivity index (χ2v) is 6.00. The SMILES string of the molecule is C1=C(Cc2c[nH]c3ccccc23)[N-]C(c2cccnc2)S1.Cl.Cl. The Bertz CT molecular complexity index is 802. The number of hydrogen-bond donors (Lipinski definition) is 1. The quantitative estimate of drug-likeness (QED) is 0.656. The van der Waals surface area contributed by atoms with E-state index >= 15 is 0 Å². The normalized spacial score (nSPS) is 16.2. The minimum Gasteiger partial charge on any atom is -0.672 e. The Kier molecular flexibility index (Phi) is 5.99. The highest BCUT2D eigenvalue weighted by Crippen LogP contribution is 2.45. The number of fused-ring (bicyclic) bond motifs is 1. The molecule has 23 heavy (non-hydrogen) atoms. The van der Waals surface area contributed by atoms with Gasteiger partial charge in [-0.2, -0.15) is 5.70 Å². The van der Waals surface area contributed by atoms with E-state index in [-0.39, 0.29) is 30.2 Å². The number of H-pyrrole nitrogens is 1. The number of benzene rings is 1. The van der Waals surface area contributed by atoms with Crippen molar-refractivity contribution in [2.45, 2.75) is 11.8 Å². The van der Waals surface area contributed by atoms with Gasteiger partial charge < -0.3 is 10.3 Å². The maximum absolute atomic E-state index is 4.81. The van der Waals surface area contributed by atoms with Gasteiger partial charge in [-0.3, -0.25) is 4.98 Å². The highest BCUT2D eigenvalue weighted by Gasteiger charge is 2.10. The monoisotopic (exact) mass is 364 g/mol. The van der Waals surface area contributed by atoms with Gasteiger partial charge in [0.1, 0.15) is 0 Å². The average molecular weight is 365 g/mol. The van der Waals surface area contributed by atoms with Crippen molar-refractivity contribution in [1.29, 1.82) is 0 Å². The fourth-order valence-corrected chi connectivity index (χ4v) is 3.51. The average Bonchev–Trinajstić information content (AvgIpc) is 3.17. The van der Waals surface area contributed by atoms with Gasteiger partial charge in [0.05, 0.1) is 0 Å². The summed E-state index contributed by atoms with van der Waals surface area (Å²) < 4.78 is 0. The zero-order chi connectivity index (χ0) is 14.1. The first-order chi connectivity index (χ1) is 10.4. The van der Waals surface area contributed by atoms with Crippen LogP contribution >= 0.6 is 36.6 Å². The molecule has 0 radical (unpaired) electrons. The summed E-state index contributed by atoms with van der Waals surface area (Å²) in [5.74, 6) is 0. The van der Waals surface area contributed by atoms with Crippen molar-refractivity contribution < 1.29 is 0 Å². The highest BCUT2D eigenvalue weighted by molar-refractivity contribution is 8.02. The van der Waals surface area contributed by atoms with Crippen molar-refractivity contribution >= 4 is 47.5 Å². The molecule has 6 heteroatoms. The molecule has 1 aromatic carbocycles. The molecule has 3 heterocycles. The zero-order valence-corrected chi connectivity index (χ0v) is 14.6. The first-order valence-electron chi connectivity index (χ1n) is 6.90. The maximum Gasteiger partial charge on any atom is 0.0456 e. The predicted molar refractivity (Wildman–Crippen MR) is 103 cm³/mol. The number of allylic oxidation sites excluding steroid dienone is 1. The lowest BCUT2D eigenvalue weighted by Crippen LogP contribution is -1.91. The molecule has 1 aliphatic rings. The summed E-state index contributed by atoms with van der Waals surface area (Å²) in [6, 6.07) is 12.4. The van der Waals surface area contributed by atoms with Crippen molar-refractivity contribution in [1.82, 2.24) is 9.97 Å². The first kappa shape index (κ1) is 17.7. The lowest BCUT2D eigenvalue weighted by atomic mass is 10.1. The number of halogens is 2. The largest absolute Gasteiger partial charge is 0.672 e. The molecule has 1 unspecified atom stereocenters. The molecular weight excluding hydrogens is 349 g/mol. The fraction of sp³-hybridized carbons (Fsp3) is 0.118. The molecule has 0 saturated carbocycles. The molecule has 0 amide bonds. The lowest BCUT2D eigenvalue weighted by Gasteiger charge is -2.26. The summed E-state index contributed by atoms with van der Waals surface area (Å²) in [7, 11) is 0. The number of hydrogen-bond acceptors (Lipinski definition) is 2. The van der Waals surface area contributed by atoms with Crippen molar-refractivity contribution in [2.24, 2.45) is 0 Å². The van der Waals surface area contributed by atoms with E-state index in [1.165, 1.54) is 16.5 Å². The number of thioether (sulfide) groups is 1. The number of pyridine rings is 1. The lowest BCUT2D eigenvalue weighted by molar-refractivity contribution is 1.08. The molecule has 1 N–H and O–H groups in total. The van der Waals surface area contributed by atoms with Crippen LogP contribution in [0.1, 0.15) is 16.5 Å². The summed E-state index contributed by atoms with van der Waals surface area (Å²) in [5.41, 5.74) is 4.78. The van der Waals surface area contributed by atoms with E-state index in [9.17, 15) is 0 Å². The van der Waals surface area contributed by atoms with Crippen LogP contribution < -0.4 is 0 Å². The molecule has 0 fully saturated rings. The third kappa shape index (κ3) is 3.66. The Morgan fingerprint density at radius 1 is 1.13 bits per heavy atom. The van der Waals surface area contributed by atoms with Gasteiger partial charge in [-0.1, -0.05) is 24.3 Å². The third-order valence-corrected chi connectivity index (χ3v) is 4.68. The van der Waals surface area contributed by atoms with Gasteiger partial charge in [0, 0.05) is 29.5 Å². The van der Waals surface area contributed by atoms with E-state index in [2.05, 4.69) is 51.9 Å². The van der Waals surface area contributed by atoms with Crippen LogP contribution in [0.25, 0.3) is 16.2 Å². The molecule has 0 aliphatic carbocycles. The van der Waals surface area contributed by atoms with Gasteiger partial charge in [-0.05, 0) is 40.5 Å². The van der Waals surface area contributed by atoms with Crippen LogP contribution in [0.15, 0.2) is 66.1 Å². The van der Waals surface area contributed by atoms with Crippen LogP contribution in [0.4, 0.5) is 0 Å². The summed E-state index contributed by atoms with van der Waals surface area (Å²) in [6.07, 6.45) is 6.64. The number of aromatic nitrogens is 2. The zero-order valence-electron chi connectivity index (χ0n) is 12.2. The van der Waals surface area contributed by atoms with Crippen LogP contribution in [-0.2, 0) is 6.42 Å². The van der Waals surface area contributed by atoms with Gasteiger partial charge in [0.2, 0.25) is 0 Å². The van der Waals surface area contributed by atoms with Crippen LogP contribution in [-0.4, -0.2) is 9.97 Å². The molecule has 0 saturated heterocycles. The Morgan fingerprint density at radius 2 is 2.00 bits per heavy atom. The molecule has 1 aliphatic heterocycles. The topological polar surface area (TPSA) is 42.8 Å². The van der Waals surface area contributed by atoms with Crippen molar-refractivity contribution in [3.63, 3.8) is 0 Å². The van der Waals surface area contributed by atoms with E-state index in [1.807, 2.05) is 12.3 Å². The van der Waals surface area contributed by atoms with Gasteiger partial charge in [0.25, 0.3) is 0 Å². The van der Waals surface area contributed by atoms with Gasteiger partial charge >= 0.3 is 0 Å². The van der Waals surface area contributed by atoms with Gasteiger partial charge in [-0.15, -0.1) is 36.6 Å². The molecule has 0 bridgehead atoms. The van der Waals surface area contributed by atoms with Crippen LogP contribution in [0.2, 0.25) is 0 Å². The molecule has 120 valence electrons. The fourth-order valence-electron chi connectivity index (χ4n) is 2.59. The smallest absolute Gasteiger partial charge is 0.0456 e. The molecule has 4 rings (SSSR count). The summed E-state index contributed by atoms with van der Waals surface area (Å²) in [6.45, 7) is 0. The van der Waals surface area contributed by atoms with Crippen molar-refractivity contribution in [2.75, 3.05) is 0 Å². The Hall–Kier alpha value is -1.62. The number of para-hydroxylation sites is 1. The van der Waals surface area contributed by atoms with Crippen LogP contribution in [0.5, 0.6) is 0 Å². The molecule has 3 aromatic rings. The maximum atomic E-state index is 4.81. The predicted octanol–water partition coefficient (Wildman–Crippen LogP) is 5.61. The second kappa shape index (κ2) is 7.77. The number of nitrogens with one attached hydrogen (secondary N) is 1. The molecule has 2 aromatic heterocycles. The van der Waals surface area contributed by atoms with Gasteiger partial charge in [0.15, 0.2) is 0 Å². The summed E-state index contributed by atoms with van der Waals surface area (Å²) >= 11 is 1.75. The number of rotatable bonds is 3. The van der Waals surface area contributed by atoms with Crippen molar-refractivity contribution in [3.05, 3.63) is 82.5 Å². The Balaban J connectivity index is 0.000000960. The number of nitrogens with zero attached hydrogens (tertiary/aromatic N) is 2. The van der Waals surface area contributed by atoms with Crippen LogP contribution in [0.3, 0.4) is 0 Å². The minimum absolute atomic E-state index is 0. The minimum atomic E-state index is 0. The van der Waals surface area contributed by atoms with Gasteiger partial charge in [-0.25, -0.2) is 0 Å². The van der Waals surface area contributed by atoms with Crippen LogP contribution in [0, 0.1) is 0 Å². The van der Waals surface area contributed by atoms with E-state index in [0.717, 1.165) is 17.7 Å². The standard InChI is InChI=1S/C17H14N3S.2ClH/c1-2-6-16-15(5-1)13(10-19-16)8-14-11-21-17(20-14)12-4-3-7-18-9-12;;/h1-7,9-11,17,19H,8H2;2*1H/q-1;;. The van der Waals surface area contributed by atoms with E-state index in [0.29, 0.717) is 0 Å². The Labute approximate surface area is 151 Å². The van der Waals surface area contributed by atoms with E-state index in [4.69, 9.17) is 5.32 Å². The second-order valence-electron chi connectivity index (χ2n) is 5.05. The van der Waals surface area contributed by atoms with Crippen molar-refractivity contribution in [3.8, 4) is 0 Å². The summed E-state index contributed by atoms with van der Waals surface area (Å²) in [4.78, 5) is 7.49. The highest BCUT2D eigenvalue weighted by atomic mass is 35.5. The molecular formula is C17H16Cl2N3S-. The first-order valence-corrected chi connectivity index (χ1v) is 7.85. The Morgan fingerprint density at radius 3 is 2.83 bits per heavy atom. The molecule has 0 spiro atoms. The van der Waals surface area contributed by atoms with E-state index in [1.54, 1.807) is 18.0 Å². The number of aromatic amines is 1. The molecule has 1 atom stereocenters.